The molecule has 0 spiro atoms. The van der Waals surface area contributed by atoms with Gasteiger partial charge in [0.05, 0.1) is 6.61 Å². The van der Waals surface area contributed by atoms with Gasteiger partial charge >= 0.3 is 0 Å². The minimum Gasteiger partial charge on any atom is -0.380 e. The summed E-state index contributed by atoms with van der Waals surface area (Å²) in [5.74, 6) is 0.656. The summed E-state index contributed by atoms with van der Waals surface area (Å²) in [6.07, 6.45) is 2.41. The second-order valence-corrected chi connectivity index (χ2v) is 4.74. The molecular weight excluding hydrogens is 222 g/mol. The van der Waals surface area contributed by atoms with Gasteiger partial charge in [0.15, 0.2) is 0 Å². The van der Waals surface area contributed by atoms with Gasteiger partial charge in [0, 0.05) is 12.1 Å². The van der Waals surface area contributed by atoms with E-state index in [9.17, 15) is 0 Å². The minimum atomic E-state index is 0.653. The average Bonchev–Trinajstić information content (AvgIpc) is 2.31. The van der Waals surface area contributed by atoms with E-state index < -0.39 is 0 Å². The highest BCUT2D eigenvalue weighted by atomic mass is 35.5. The molecule has 0 unspecified atom stereocenters. The van der Waals surface area contributed by atoms with Gasteiger partial charge in [-0.1, -0.05) is 17.7 Å². The first-order valence-corrected chi connectivity index (χ1v) is 6.17. The third-order valence-corrected chi connectivity index (χ3v) is 3.42. The Labute approximate surface area is 102 Å². The zero-order valence-electron chi connectivity index (χ0n) is 9.63. The molecule has 3 heteroatoms. The molecule has 0 saturated carbocycles. The zero-order chi connectivity index (χ0) is 11.4. The Hall–Kier alpha value is -0.570. The number of benzene rings is 1. The maximum atomic E-state index is 6.02. The van der Waals surface area contributed by atoms with Gasteiger partial charge in [-0.05, 0) is 55.1 Å². The number of halogens is 1. The van der Waals surface area contributed by atoms with Gasteiger partial charge < -0.3 is 10.1 Å². The number of hydrogen-bond acceptors (Lipinski definition) is 2. The van der Waals surface area contributed by atoms with Crippen LogP contribution in [0, 0.1) is 0 Å². The van der Waals surface area contributed by atoms with Crippen LogP contribution >= 0.6 is 11.6 Å². The van der Waals surface area contributed by atoms with Gasteiger partial charge in [-0.2, -0.15) is 0 Å². The molecule has 2 nitrogen and oxygen atoms in total. The highest BCUT2D eigenvalue weighted by Crippen LogP contribution is 2.30. The van der Waals surface area contributed by atoms with Crippen molar-refractivity contribution in [2.75, 3.05) is 20.2 Å². The lowest BCUT2D eigenvalue weighted by molar-refractivity contribution is 0.183. The summed E-state index contributed by atoms with van der Waals surface area (Å²) in [7, 11) is 1.73. The Bertz CT molecular complexity index is 348. The molecule has 1 saturated heterocycles. The molecule has 1 N–H and O–H groups in total. The molecule has 1 heterocycles. The Morgan fingerprint density at radius 2 is 2.12 bits per heavy atom. The van der Waals surface area contributed by atoms with Crippen molar-refractivity contribution in [2.45, 2.75) is 25.4 Å². The van der Waals surface area contributed by atoms with Crippen LogP contribution in [-0.4, -0.2) is 20.2 Å². The number of nitrogens with one attached hydrogen (secondary N) is 1. The highest BCUT2D eigenvalue weighted by Gasteiger charge is 2.18. The van der Waals surface area contributed by atoms with Crippen LogP contribution in [-0.2, 0) is 11.3 Å². The fourth-order valence-corrected chi connectivity index (χ4v) is 2.58. The number of rotatable bonds is 3. The number of hydrogen-bond donors (Lipinski definition) is 1. The van der Waals surface area contributed by atoms with Gasteiger partial charge in [0.2, 0.25) is 0 Å². The lowest BCUT2D eigenvalue weighted by atomic mass is 9.87. The third-order valence-electron chi connectivity index (χ3n) is 3.18. The lowest BCUT2D eigenvalue weighted by Gasteiger charge is -2.25. The molecule has 0 atom stereocenters. The average molecular weight is 240 g/mol. The predicted octanol–water partition coefficient (Wildman–Crippen LogP) is 2.95. The Morgan fingerprint density at radius 1 is 1.38 bits per heavy atom. The molecule has 0 bridgehead atoms. The van der Waals surface area contributed by atoms with E-state index in [1.165, 1.54) is 24.0 Å². The standard InChI is InChI=1S/C13H18ClNO/c1-16-9-11-8-12(14)2-3-13(11)10-4-6-15-7-5-10/h2-3,8,10,15H,4-7,9H2,1H3. The van der Waals surface area contributed by atoms with Gasteiger partial charge in [-0.25, -0.2) is 0 Å². The van der Waals surface area contributed by atoms with Crippen LogP contribution in [0.2, 0.25) is 5.02 Å². The van der Waals surface area contributed by atoms with E-state index in [0.717, 1.165) is 18.1 Å². The molecule has 0 aliphatic carbocycles. The largest absolute Gasteiger partial charge is 0.380 e. The van der Waals surface area contributed by atoms with Crippen molar-refractivity contribution in [3.8, 4) is 0 Å². The molecule has 1 aromatic carbocycles. The smallest absolute Gasteiger partial charge is 0.0716 e. The molecule has 1 aromatic rings. The van der Waals surface area contributed by atoms with E-state index in [0.29, 0.717) is 12.5 Å². The van der Waals surface area contributed by atoms with Crippen LogP contribution in [0.25, 0.3) is 0 Å². The van der Waals surface area contributed by atoms with Crippen molar-refractivity contribution in [3.05, 3.63) is 34.3 Å². The van der Waals surface area contributed by atoms with Crippen molar-refractivity contribution in [1.29, 1.82) is 0 Å². The SMILES string of the molecule is COCc1cc(Cl)ccc1C1CCNCC1. The van der Waals surface area contributed by atoms with Crippen LogP contribution in [0.1, 0.15) is 29.9 Å². The molecule has 88 valence electrons. The predicted molar refractivity (Wildman–Crippen MR) is 67.0 cm³/mol. The Kier molecular flexibility index (Phi) is 4.22. The normalized spacial score (nSPS) is 17.6. The van der Waals surface area contributed by atoms with Gasteiger partial charge in [0.25, 0.3) is 0 Å². The van der Waals surface area contributed by atoms with Gasteiger partial charge in [-0.15, -0.1) is 0 Å². The van der Waals surface area contributed by atoms with E-state index in [1.54, 1.807) is 7.11 Å². The lowest BCUT2D eigenvalue weighted by Crippen LogP contribution is -2.27. The summed E-state index contributed by atoms with van der Waals surface area (Å²) in [5.41, 5.74) is 2.65. The van der Waals surface area contributed by atoms with Crippen molar-refractivity contribution < 1.29 is 4.74 Å². The van der Waals surface area contributed by atoms with Crippen LogP contribution < -0.4 is 5.32 Å². The van der Waals surface area contributed by atoms with E-state index in [2.05, 4.69) is 11.4 Å². The summed E-state index contributed by atoms with van der Waals surface area (Å²) in [5, 5.41) is 4.19. The summed E-state index contributed by atoms with van der Waals surface area (Å²) < 4.78 is 5.24. The third kappa shape index (κ3) is 2.76. The number of piperidine rings is 1. The van der Waals surface area contributed by atoms with Crippen LogP contribution in [0.15, 0.2) is 18.2 Å². The van der Waals surface area contributed by atoms with Gasteiger partial charge in [0.1, 0.15) is 0 Å². The van der Waals surface area contributed by atoms with Crippen molar-refractivity contribution in [3.63, 3.8) is 0 Å². The second kappa shape index (κ2) is 5.67. The molecule has 2 rings (SSSR count). The monoisotopic (exact) mass is 239 g/mol. The minimum absolute atomic E-state index is 0.653. The van der Waals surface area contributed by atoms with E-state index in [1.807, 2.05) is 12.1 Å². The Morgan fingerprint density at radius 3 is 2.81 bits per heavy atom. The number of ether oxygens (including phenoxy) is 1. The van der Waals surface area contributed by atoms with Crippen LogP contribution in [0.5, 0.6) is 0 Å². The molecular formula is C13H18ClNO. The van der Waals surface area contributed by atoms with Crippen LogP contribution in [0.4, 0.5) is 0 Å². The quantitative estimate of drug-likeness (QED) is 0.876. The summed E-state index contributed by atoms with van der Waals surface area (Å²) in [6.45, 7) is 2.87. The van der Waals surface area contributed by atoms with Crippen molar-refractivity contribution in [1.82, 2.24) is 5.32 Å². The fraction of sp³-hybridized carbons (Fsp3) is 0.538. The van der Waals surface area contributed by atoms with Gasteiger partial charge in [-0.3, -0.25) is 0 Å². The summed E-state index contributed by atoms with van der Waals surface area (Å²) in [6, 6.07) is 6.17. The van der Waals surface area contributed by atoms with Crippen molar-refractivity contribution >= 4 is 11.6 Å². The number of methoxy groups -OCH3 is 1. The Balaban J connectivity index is 2.23. The molecule has 0 aromatic heterocycles. The molecule has 0 amide bonds. The van der Waals surface area contributed by atoms with E-state index in [4.69, 9.17) is 16.3 Å². The van der Waals surface area contributed by atoms with E-state index >= 15 is 0 Å². The zero-order valence-corrected chi connectivity index (χ0v) is 10.4. The topological polar surface area (TPSA) is 21.3 Å². The summed E-state index contributed by atoms with van der Waals surface area (Å²) >= 11 is 6.02. The molecule has 1 aliphatic heterocycles. The first kappa shape index (κ1) is 11.9. The van der Waals surface area contributed by atoms with Crippen LogP contribution in [0.3, 0.4) is 0 Å². The summed E-state index contributed by atoms with van der Waals surface area (Å²) in [4.78, 5) is 0. The fourth-order valence-electron chi connectivity index (χ4n) is 2.39. The first-order valence-electron chi connectivity index (χ1n) is 5.79. The second-order valence-electron chi connectivity index (χ2n) is 4.30. The van der Waals surface area contributed by atoms with E-state index in [-0.39, 0.29) is 0 Å². The molecule has 0 radical (unpaired) electrons. The van der Waals surface area contributed by atoms with Crippen molar-refractivity contribution in [2.24, 2.45) is 0 Å². The molecule has 1 aliphatic rings. The first-order chi connectivity index (χ1) is 7.81. The molecule has 1 fully saturated rings. The highest BCUT2D eigenvalue weighted by molar-refractivity contribution is 6.30. The maximum absolute atomic E-state index is 6.02. The molecule has 16 heavy (non-hydrogen) atoms. The maximum Gasteiger partial charge on any atom is 0.0716 e.